The van der Waals surface area contributed by atoms with Gasteiger partial charge in [0.15, 0.2) is 0 Å². The minimum atomic E-state index is -0.500. The predicted octanol–water partition coefficient (Wildman–Crippen LogP) is 6.62. The molecule has 1 heterocycles. The molecule has 8 atom stereocenters. The van der Waals surface area contributed by atoms with E-state index in [-0.39, 0.29) is 6.10 Å². The Morgan fingerprint density at radius 3 is 2.72 bits per heavy atom. The Morgan fingerprint density at radius 1 is 1.09 bits per heavy atom. The highest BCUT2D eigenvalue weighted by Gasteiger charge is 2.58. The summed E-state index contributed by atoms with van der Waals surface area (Å²) in [6, 6.07) is 3.90. The summed E-state index contributed by atoms with van der Waals surface area (Å²) in [5.41, 5.74) is 2.81. The van der Waals surface area contributed by atoms with E-state index in [9.17, 15) is 10.2 Å². The van der Waals surface area contributed by atoms with Gasteiger partial charge in [0.1, 0.15) is 0 Å². The van der Waals surface area contributed by atoms with E-state index < -0.39 is 5.60 Å². The summed E-state index contributed by atoms with van der Waals surface area (Å²) in [4.78, 5) is 4.16. The maximum absolute atomic E-state index is 10.7. The molecule has 4 aliphatic carbocycles. The SMILES string of the molecule is C[C@]1(O)CC[C@@]2(C)C(=CC[C@H]3[C@@H]4CC[C@H](CCCC(O)c5cccnc5)[C@@]4(C)CC[C@@H]32)C1. The zero-order chi connectivity index (χ0) is 22.6. The van der Waals surface area contributed by atoms with Gasteiger partial charge < -0.3 is 10.2 Å². The summed E-state index contributed by atoms with van der Waals surface area (Å²) in [7, 11) is 0. The van der Waals surface area contributed by atoms with E-state index in [1.807, 2.05) is 19.1 Å². The zero-order valence-corrected chi connectivity index (χ0v) is 20.4. The summed E-state index contributed by atoms with van der Waals surface area (Å²) >= 11 is 0. The third-order valence-corrected chi connectivity index (χ3v) is 10.7. The van der Waals surface area contributed by atoms with Crippen LogP contribution in [0.5, 0.6) is 0 Å². The van der Waals surface area contributed by atoms with E-state index in [1.54, 1.807) is 18.0 Å². The van der Waals surface area contributed by atoms with Gasteiger partial charge in [0.05, 0.1) is 11.7 Å². The summed E-state index contributed by atoms with van der Waals surface area (Å²) < 4.78 is 0. The van der Waals surface area contributed by atoms with E-state index in [1.165, 1.54) is 38.5 Å². The fourth-order valence-electron chi connectivity index (χ4n) is 8.68. The van der Waals surface area contributed by atoms with Crippen molar-refractivity contribution in [3.63, 3.8) is 0 Å². The second-order valence-electron chi connectivity index (χ2n) is 12.5. The van der Waals surface area contributed by atoms with Crippen LogP contribution in [0.3, 0.4) is 0 Å². The molecule has 1 aromatic heterocycles. The van der Waals surface area contributed by atoms with Crippen LogP contribution in [-0.4, -0.2) is 20.8 Å². The fraction of sp³-hybridized carbons (Fsp3) is 0.759. The molecule has 0 amide bonds. The van der Waals surface area contributed by atoms with Crippen LogP contribution in [0.1, 0.15) is 103 Å². The average molecular weight is 438 g/mol. The molecule has 2 N–H and O–H groups in total. The third-order valence-electron chi connectivity index (χ3n) is 10.7. The fourth-order valence-corrected chi connectivity index (χ4v) is 8.68. The summed E-state index contributed by atoms with van der Waals surface area (Å²) in [6.07, 6.45) is 18.7. The van der Waals surface area contributed by atoms with Gasteiger partial charge in [0, 0.05) is 12.4 Å². The molecule has 3 heteroatoms. The second kappa shape index (κ2) is 8.24. The normalized spacial score (nSPS) is 44.2. The van der Waals surface area contributed by atoms with E-state index in [0.717, 1.165) is 61.3 Å². The molecule has 4 aliphatic rings. The van der Waals surface area contributed by atoms with Gasteiger partial charge in [-0.3, -0.25) is 4.98 Å². The highest BCUT2D eigenvalue weighted by molar-refractivity contribution is 5.26. The quantitative estimate of drug-likeness (QED) is 0.509. The minimum Gasteiger partial charge on any atom is -0.390 e. The topological polar surface area (TPSA) is 53.4 Å². The van der Waals surface area contributed by atoms with Crippen LogP contribution in [0.2, 0.25) is 0 Å². The van der Waals surface area contributed by atoms with Crippen LogP contribution >= 0.6 is 0 Å². The van der Waals surface area contributed by atoms with Crippen molar-refractivity contribution in [3.8, 4) is 0 Å². The lowest BCUT2D eigenvalue weighted by molar-refractivity contribution is -0.0662. The van der Waals surface area contributed by atoms with Crippen molar-refractivity contribution in [2.24, 2.45) is 34.5 Å². The van der Waals surface area contributed by atoms with Crippen LogP contribution in [0.4, 0.5) is 0 Å². The smallest absolute Gasteiger partial charge is 0.0804 e. The molecule has 5 rings (SSSR count). The molecule has 1 unspecified atom stereocenters. The number of hydrogen-bond acceptors (Lipinski definition) is 3. The maximum atomic E-state index is 10.7. The Labute approximate surface area is 194 Å². The summed E-state index contributed by atoms with van der Waals surface area (Å²) in [5, 5.41) is 21.2. The van der Waals surface area contributed by atoms with E-state index in [4.69, 9.17) is 0 Å². The van der Waals surface area contributed by atoms with Gasteiger partial charge in [0.2, 0.25) is 0 Å². The summed E-state index contributed by atoms with van der Waals surface area (Å²) in [6.45, 7) is 7.17. The zero-order valence-electron chi connectivity index (χ0n) is 20.4. The third kappa shape index (κ3) is 3.78. The van der Waals surface area contributed by atoms with Gasteiger partial charge in [-0.05, 0) is 117 Å². The Morgan fingerprint density at radius 2 is 1.94 bits per heavy atom. The van der Waals surface area contributed by atoms with Crippen molar-refractivity contribution in [3.05, 3.63) is 41.7 Å². The molecule has 32 heavy (non-hydrogen) atoms. The Kier molecular flexibility index (Phi) is 5.82. The molecule has 0 aromatic carbocycles. The molecular weight excluding hydrogens is 394 g/mol. The molecule has 0 aliphatic heterocycles. The first-order valence-corrected chi connectivity index (χ1v) is 13.2. The van der Waals surface area contributed by atoms with Crippen molar-refractivity contribution in [1.29, 1.82) is 0 Å². The first-order chi connectivity index (χ1) is 15.2. The molecule has 1 aromatic rings. The van der Waals surface area contributed by atoms with Crippen LogP contribution in [0, 0.1) is 34.5 Å². The van der Waals surface area contributed by atoms with Crippen LogP contribution < -0.4 is 0 Å². The van der Waals surface area contributed by atoms with Crippen molar-refractivity contribution in [2.75, 3.05) is 0 Å². The lowest BCUT2D eigenvalue weighted by Gasteiger charge is -2.59. The molecule has 0 radical (unpaired) electrons. The van der Waals surface area contributed by atoms with E-state index in [0.29, 0.717) is 10.8 Å². The Balaban J connectivity index is 1.25. The Bertz CT molecular complexity index is 848. The standard InChI is InChI=1S/C29H43NO2/c1-27(32)15-16-29(3)22(18-27)9-11-23-24-12-10-21(28(24,2)14-13-25(23)29)7-4-8-26(31)20-6-5-17-30-19-20/h5-6,9,17,19,21,23-26,31-32H,4,7-8,10-16,18H2,1-3H3/t21-,23-,24-,25-,26?,27-,28+,29-/m0/s1. The van der Waals surface area contributed by atoms with Crippen molar-refractivity contribution in [2.45, 2.75) is 103 Å². The lowest BCUT2D eigenvalue weighted by atomic mass is 9.46. The largest absolute Gasteiger partial charge is 0.390 e. The number of fused-ring (bicyclic) bond motifs is 5. The van der Waals surface area contributed by atoms with E-state index in [2.05, 4.69) is 24.9 Å². The lowest BCUT2D eigenvalue weighted by Crippen LogP contribution is -2.51. The highest BCUT2D eigenvalue weighted by Crippen LogP contribution is 2.67. The first-order valence-electron chi connectivity index (χ1n) is 13.2. The number of pyridine rings is 1. The average Bonchev–Trinajstić information content (AvgIpc) is 3.11. The number of hydrogen-bond donors (Lipinski definition) is 2. The van der Waals surface area contributed by atoms with Crippen molar-refractivity contribution < 1.29 is 10.2 Å². The number of aromatic nitrogens is 1. The molecule has 176 valence electrons. The maximum Gasteiger partial charge on any atom is 0.0804 e. The number of rotatable bonds is 5. The van der Waals surface area contributed by atoms with Crippen LogP contribution in [-0.2, 0) is 0 Å². The Hall–Kier alpha value is -1.19. The first kappa shape index (κ1) is 22.6. The molecule has 0 bridgehead atoms. The monoisotopic (exact) mass is 437 g/mol. The second-order valence-corrected chi connectivity index (χ2v) is 12.5. The van der Waals surface area contributed by atoms with Crippen molar-refractivity contribution in [1.82, 2.24) is 4.98 Å². The molecule has 0 saturated heterocycles. The number of aliphatic hydroxyl groups excluding tert-OH is 1. The van der Waals surface area contributed by atoms with Gasteiger partial charge in [-0.1, -0.05) is 38.0 Å². The van der Waals surface area contributed by atoms with Gasteiger partial charge in [-0.25, -0.2) is 0 Å². The van der Waals surface area contributed by atoms with Gasteiger partial charge in [0.25, 0.3) is 0 Å². The van der Waals surface area contributed by atoms with Gasteiger partial charge in [-0.15, -0.1) is 0 Å². The van der Waals surface area contributed by atoms with Gasteiger partial charge >= 0.3 is 0 Å². The molecule has 3 nitrogen and oxygen atoms in total. The van der Waals surface area contributed by atoms with Crippen molar-refractivity contribution >= 4 is 0 Å². The highest BCUT2D eigenvalue weighted by atomic mass is 16.3. The number of nitrogens with zero attached hydrogens (tertiary/aromatic N) is 1. The predicted molar refractivity (Wildman–Crippen MR) is 129 cm³/mol. The molecule has 0 spiro atoms. The molecule has 3 saturated carbocycles. The summed E-state index contributed by atoms with van der Waals surface area (Å²) in [5.74, 6) is 3.30. The van der Waals surface area contributed by atoms with Crippen LogP contribution in [0.25, 0.3) is 0 Å². The number of aliphatic hydroxyl groups is 2. The minimum absolute atomic E-state index is 0.318. The molecular formula is C29H43NO2. The van der Waals surface area contributed by atoms with Gasteiger partial charge in [-0.2, -0.15) is 0 Å². The number of allylic oxidation sites excluding steroid dienone is 1. The molecule has 3 fully saturated rings. The van der Waals surface area contributed by atoms with E-state index >= 15 is 0 Å². The van der Waals surface area contributed by atoms with Crippen LogP contribution in [0.15, 0.2) is 36.2 Å².